The molecule has 0 aliphatic heterocycles. The van der Waals surface area contributed by atoms with Gasteiger partial charge >= 0.3 is 0 Å². The van der Waals surface area contributed by atoms with Gasteiger partial charge in [-0.05, 0) is 84.1 Å². The molecule has 0 aromatic carbocycles. The fourth-order valence-corrected chi connectivity index (χ4v) is 3.08. The van der Waals surface area contributed by atoms with Crippen molar-refractivity contribution in [2.24, 2.45) is 11.5 Å². The minimum absolute atomic E-state index is 0. The van der Waals surface area contributed by atoms with Crippen molar-refractivity contribution in [1.82, 2.24) is 10.6 Å². The molecule has 4 nitrogen and oxygen atoms in total. The van der Waals surface area contributed by atoms with Crippen LogP contribution >= 0.6 is 49.6 Å². The Morgan fingerprint density at radius 1 is 0.593 bits per heavy atom. The number of unbranched alkanes of at least 4 members (excludes halogenated alkanes) is 3. The quantitative estimate of drug-likeness (QED) is 0.215. The predicted molar refractivity (Wildman–Crippen MR) is 133 cm³/mol. The zero-order valence-corrected chi connectivity index (χ0v) is 20.9. The van der Waals surface area contributed by atoms with Crippen molar-refractivity contribution in [1.29, 1.82) is 0 Å². The van der Waals surface area contributed by atoms with Crippen molar-refractivity contribution in [2.45, 2.75) is 90.0 Å². The molecule has 0 aromatic heterocycles. The Hall–Kier alpha value is 1.00. The molecule has 0 fully saturated rings. The van der Waals surface area contributed by atoms with Gasteiger partial charge in [0.15, 0.2) is 0 Å². The Morgan fingerprint density at radius 3 is 1.41 bits per heavy atom. The summed E-state index contributed by atoms with van der Waals surface area (Å²) in [6.45, 7) is 9.70. The topological polar surface area (TPSA) is 76.1 Å². The van der Waals surface area contributed by atoms with E-state index < -0.39 is 0 Å². The van der Waals surface area contributed by atoms with Crippen molar-refractivity contribution < 1.29 is 0 Å². The highest BCUT2D eigenvalue weighted by Gasteiger charge is 2.23. The standard InChI is InChI=1S/C19H44N4.4ClH/c1-3-15-22-17-9-12-19(21,11-7-5-6-8-14-20)13-10-18-23-16-4-2;;;;/h22-23H,3-18,20-21H2,1-2H3;4*1H. The number of nitrogens with two attached hydrogens (primary N) is 2. The Bertz CT molecular complexity index is 214. The first-order valence-electron chi connectivity index (χ1n) is 10.1. The molecule has 27 heavy (non-hydrogen) atoms. The summed E-state index contributed by atoms with van der Waals surface area (Å²) in [6.07, 6.45) is 13.2. The molecule has 6 N–H and O–H groups in total. The monoisotopic (exact) mass is 472 g/mol. The van der Waals surface area contributed by atoms with Crippen LogP contribution in [0.1, 0.15) is 84.5 Å². The van der Waals surface area contributed by atoms with Crippen LogP contribution in [0, 0.1) is 0 Å². The molecule has 0 saturated carbocycles. The minimum Gasteiger partial charge on any atom is -0.330 e. The Morgan fingerprint density at radius 2 is 1.00 bits per heavy atom. The van der Waals surface area contributed by atoms with Crippen LogP contribution in [-0.2, 0) is 0 Å². The van der Waals surface area contributed by atoms with Gasteiger partial charge in [-0.25, -0.2) is 0 Å². The van der Waals surface area contributed by atoms with E-state index in [2.05, 4.69) is 24.5 Å². The van der Waals surface area contributed by atoms with Gasteiger partial charge in [-0.1, -0.05) is 33.1 Å². The lowest BCUT2D eigenvalue weighted by Crippen LogP contribution is -2.41. The van der Waals surface area contributed by atoms with Crippen LogP contribution in [0.2, 0.25) is 0 Å². The Labute approximate surface area is 194 Å². The van der Waals surface area contributed by atoms with E-state index in [0.29, 0.717) is 0 Å². The maximum atomic E-state index is 6.76. The summed E-state index contributed by atoms with van der Waals surface area (Å²) in [4.78, 5) is 0. The van der Waals surface area contributed by atoms with Gasteiger partial charge in [-0.3, -0.25) is 0 Å². The zero-order chi connectivity index (χ0) is 17.2. The average molecular weight is 474 g/mol. The van der Waals surface area contributed by atoms with E-state index >= 15 is 0 Å². The highest BCUT2D eigenvalue weighted by Crippen LogP contribution is 2.23. The summed E-state index contributed by atoms with van der Waals surface area (Å²) in [5.74, 6) is 0. The molecule has 0 aliphatic carbocycles. The largest absolute Gasteiger partial charge is 0.330 e. The number of halogens is 4. The number of rotatable bonds is 18. The highest BCUT2D eigenvalue weighted by atomic mass is 35.5. The molecule has 0 unspecified atom stereocenters. The predicted octanol–water partition coefficient (Wildman–Crippen LogP) is 4.84. The SMILES string of the molecule is CCCNCCCC(N)(CCCCCCN)CCCNCCC.Cl.Cl.Cl.Cl. The number of hydrogen-bond acceptors (Lipinski definition) is 4. The lowest BCUT2D eigenvalue weighted by atomic mass is 9.84. The maximum Gasteiger partial charge on any atom is 0.0155 e. The van der Waals surface area contributed by atoms with Gasteiger partial charge in [0.05, 0.1) is 0 Å². The van der Waals surface area contributed by atoms with Crippen LogP contribution in [0.15, 0.2) is 0 Å². The van der Waals surface area contributed by atoms with Crippen LogP contribution in [0.25, 0.3) is 0 Å². The van der Waals surface area contributed by atoms with Crippen LogP contribution in [-0.4, -0.2) is 38.3 Å². The first-order valence-corrected chi connectivity index (χ1v) is 10.1. The summed E-state index contributed by atoms with van der Waals surface area (Å²) < 4.78 is 0. The van der Waals surface area contributed by atoms with Gasteiger partial charge < -0.3 is 22.1 Å². The van der Waals surface area contributed by atoms with Crippen LogP contribution < -0.4 is 22.1 Å². The second kappa shape index (κ2) is 29.2. The lowest BCUT2D eigenvalue weighted by Gasteiger charge is -2.30. The first kappa shape index (κ1) is 38.6. The normalized spacial score (nSPS) is 10.2. The summed E-state index contributed by atoms with van der Waals surface area (Å²) in [5.41, 5.74) is 12.4. The van der Waals surface area contributed by atoms with Crippen molar-refractivity contribution in [3.8, 4) is 0 Å². The molecule has 0 heterocycles. The molecule has 0 bridgehead atoms. The highest BCUT2D eigenvalue weighted by molar-refractivity contribution is 5.86. The first-order chi connectivity index (χ1) is 11.2. The fraction of sp³-hybridized carbons (Fsp3) is 1.00. The molecular weight excluding hydrogens is 426 g/mol. The van der Waals surface area contributed by atoms with E-state index in [1.54, 1.807) is 0 Å². The minimum atomic E-state index is 0. The van der Waals surface area contributed by atoms with E-state index in [9.17, 15) is 0 Å². The summed E-state index contributed by atoms with van der Waals surface area (Å²) in [7, 11) is 0. The molecule has 0 aromatic rings. The van der Waals surface area contributed by atoms with Crippen molar-refractivity contribution >= 4 is 49.6 Å². The summed E-state index contributed by atoms with van der Waals surface area (Å²) in [5, 5.41) is 6.99. The van der Waals surface area contributed by atoms with E-state index in [-0.39, 0.29) is 55.2 Å². The smallest absolute Gasteiger partial charge is 0.0155 e. The summed E-state index contributed by atoms with van der Waals surface area (Å²) in [6, 6.07) is 0. The van der Waals surface area contributed by atoms with Crippen molar-refractivity contribution in [2.75, 3.05) is 32.7 Å². The molecule has 0 amide bonds. The van der Waals surface area contributed by atoms with Gasteiger partial charge in [0.2, 0.25) is 0 Å². The number of hydrogen-bond donors (Lipinski definition) is 4. The molecule has 0 atom stereocenters. The Kier molecular flexibility index (Phi) is 41.7. The lowest BCUT2D eigenvalue weighted by molar-refractivity contribution is 0.308. The van der Waals surface area contributed by atoms with Gasteiger partial charge in [0.1, 0.15) is 0 Å². The van der Waals surface area contributed by atoms with Crippen molar-refractivity contribution in [3.63, 3.8) is 0 Å². The second-order valence-corrected chi connectivity index (χ2v) is 7.02. The molecule has 0 rings (SSSR count). The number of nitrogens with one attached hydrogen (secondary N) is 2. The van der Waals surface area contributed by atoms with Crippen LogP contribution in [0.4, 0.5) is 0 Å². The molecule has 0 saturated heterocycles. The van der Waals surface area contributed by atoms with Gasteiger partial charge in [0, 0.05) is 5.54 Å². The Balaban J connectivity index is -0.000000403. The second-order valence-electron chi connectivity index (χ2n) is 7.02. The molecule has 172 valence electrons. The van der Waals surface area contributed by atoms with Gasteiger partial charge in [-0.2, -0.15) is 0 Å². The van der Waals surface area contributed by atoms with E-state index in [4.69, 9.17) is 11.5 Å². The molecule has 0 spiro atoms. The van der Waals surface area contributed by atoms with Crippen LogP contribution in [0.5, 0.6) is 0 Å². The van der Waals surface area contributed by atoms with Gasteiger partial charge in [0.25, 0.3) is 0 Å². The maximum absolute atomic E-state index is 6.76. The third-order valence-corrected chi connectivity index (χ3v) is 4.54. The van der Waals surface area contributed by atoms with Gasteiger partial charge in [-0.15, -0.1) is 49.6 Å². The zero-order valence-electron chi connectivity index (χ0n) is 17.6. The van der Waals surface area contributed by atoms with E-state index in [1.165, 1.54) is 51.4 Å². The third kappa shape index (κ3) is 27.0. The van der Waals surface area contributed by atoms with Crippen LogP contribution in [0.3, 0.4) is 0 Å². The molecule has 0 aliphatic rings. The molecular formula is C19H48Cl4N4. The average Bonchev–Trinajstić information content (AvgIpc) is 2.54. The molecule has 0 radical (unpaired) electrons. The fourth-order valence-electron chi connectivity index (χ4n) is 3.08. The van der Waals surface area contributed by atoms with Crippen molar-refractivity contribution in [3.05, 3.63) is 0 Å². The molecule has 8 heteroatoms. The third-order valence-electron chi connectivity index (χ3n) is 4.54. The summed E-state index contributed by atoms with van der Waals surface area (Å²) >= 11 is 0. The van der Waals surface area contributed by atoms with E-state index in [0.717, 1.165) is 52.0 Å². The van der Waals surface area contributed by atoms with E-state index in [1.807, 2.05) is 0 Å².